The van der Waals surface area contributed by atoms with Gasteiger partial charge in [-0.05, 0) is 24.6 Å². The minimum absolute atomic E-state index is 0.0575. The van der Waals surface area contributed by atoms with Crippen molar-refractivity contribution in [3.05, 3.63) is 18.2 Å². The topological polar surface area (TPSA) is 118 Å². The minimum atomic E-state index is -4.12. The van der Waals surface area contributed by atoms with E-state index in [0.29, 0.717) is 0 Å². The van der Waals surface area contributed by atoms with E-state index in [-0.39, 0.29) is 53.6 Å². The van der Waals surface area contributed by atoms with Crippen LogP contribution in [0.4, 0.5) is 5.69 Å². The Hall–Kier alpha value is -1.98. The number of methoxy groups -OCH3 is 1. The van der Waals surface area contributed by atoms with E-state index in [1.807, 2.05) is 0 Å². The van der Waals surface area contributed by atoms with E-state index >= 15 is 0 Å². The molecule has 0 spiro atoms. The highest BCUT2D eigenvalue weighted by Gasteiger charge is 2.40. The van der Waals surface area contributed by atoms with Crippen molar-refractivity contribution in [1.29, 1.82) is 0 Å². The highest BCUT2D eigenvalue weighted by Crippen LogP contribution is 2.34. The molecule has 1 atom stereocenters. The number of amides is 2. The van der Waals surface area contributed by atoms with E-state index in [1.54, 1.807) is 6.92 Å². The molecule has 2 saturated heterocycles. The van der Waals surface area contributed by atoms with Crippen molar-refractivity contribution < 1.29 is 31.2 Å². The van der Waals surface area contributed by atoms with Crippen molar-refractivity contribution in [1.82, 2.24) is 4.31 Å². The number of nitrogens with zero attached hydrogens (tertiary/aromatic N) is 2. The molecule has 3 rings (SSSR count). The van der Waals surface area contributed by atoms with Crippen molar-refractivity contribution in [3.63, 3.8) is 0 Å². The Morgan fingerprint density at radius 1 is 1.21 bits per heavy atom. The van der Waals surface area contributed by atoms with Crippen LogP contribution in [0.1, 0.15) is 26.2 Å². The van der Waals surface area contributed by atoms with Crippen LogP contribution < -0.4 is 9.64 Å². The van der Waals surface area contributed by atoms with Crippen LogP contribution in [0.3, 0.4) is 0 Å². The van der Waals surface area contributed by atoms with Gasteiger partial charge in [0, 0.05) is 25.4 Å². The molecule has 2 fully saturated rings. The maximum atomic E-state index is 13.3. The molecule has 0 radical (unpaired) electrons. The molecule has 1 aromatic rings. The molecule has 1 aromatic carbocycles. The Morgan fingerprint density at radius 3 is 2.36 bits per heavy atom. The summed E-state index contributed by atoms with van der Waals surface area (Å²) in [5.41, 5.74) is 0.155. The van der Waals surface area contributed by atoms with Crippen LogP contribution in [0.5, 0.6) is 5.75 Å². The molecule has 0 N–H and O–H groups in total. The van der Waals surface area contributed by atoms with Crippen LogP contribution in [0.15, 0.2) is 23.1 Å². The number of hydrogen-bond acceptors (Lipinski definition) is 7. The number of ether oxygens (including phenoxy) is 1. The first-order chi connectivity index (χ1) is 13.1. The Morgan fingerprint density at radius 2 is 1.86 bits per heavy atom. The van der Waals surface area contributed by atoms with Gasteiger partial charge in [-0.25, -0.2) is 16.8 Å². The number of rotatable bonds is 6. The largest absolute Gasteiger partial charge is 0.495 e. The quantitative estimate of drug-likeness (QED) is 0.605. The van der Waals surface area contributed by atoms with Crippen LogP contribution in [-0.4, -0.2) is 64.2 Å². The highest BCUT2D eigenvalue weighted by molar-refractivity contribution is 7.92. The summed E-state index contributed by atoms with van der Waals surface area (Å²) < 4.78 is 56.6. The summed E-state index contributed by atoms with van der Waals surface area (Å²) in [7, 11) is -6.08. The standard InChI is InChI=1S/C17H22N2O7S2/c1-3-18(13-8-9-27(22,23)11-13)28(24,25)15-10-12(4-5-14(15)26-2)19-16(20)6-7-17(19)21/h4-5,10,13H,3,6-9,11H2,1-2H3/t13-/m1/s1. The van der Waals surface area contributed by atoms with Crippen molar-refractivity contribution >= 4 is 37.4 Å². The van der Waals surface area contributed by atoms with Crippen LogP contribution in [0.25, 0.3) is 0 Å². The van der Waals surface area contributed by atoms with E-state index < -0.39 is 37.7 Å². The van der Waals surface area contributed by atoms with Gasteiger partial charge in [-0.2, -0.15) is 4.31 Å². The summed E-state index contributed by atoms with van der Waals surface area (Å²) in [6.45, 7) is 1.71. The zero-order chi connectivity index (χ0) is 20.7. The summed E-state index contributed by atoms with van der Waals surface area (Å²) in [6.07, 6.45) is 0.377. The molecular weight excluding hydrogens is 408 g/mol. The fourth-order valence-corrected chi connectivity index (χ4v) is 7.29. The third kappa shape index (κ3) is 3.65. The van der Waals surface area contributed by atoms with Crippen molar-refractivity contribution in [2.45, 2.75) is 37.1 Å². The fourth-order valence-electron chi connectivity index (χ4n) is 3.62. The van der Waals surface area contributed by atoms with Crippen LogP contribution in [0, 0.1) is 0 Å². The molecular formula is C17H22N2O7S2. The second-order valence-electron chi connectivity index (χ2n) is 6.72. The lowest BCUT2D eigenvalue weighted by atomic mass is 10.2. The number of hydrogen-bond donors (Lipinski definition) is 0. The zero-order valence-corrected chi connectivity index (χ0v) is 17.3. The van der Waals surface area contributed by atoms with Gasteiger partial charge in [-0.15, -0.1) is 0 Å². The summed E-state index contributed by atoms with van der Waals surface area (Å²) in [6, 6.07) is 3.42. The Balaban J connectivity index is 2.05. The second-order valence-corrected chi connectivity index (χ2v) is 10.8. The number of imide groups is 1. The van der Waals surface area contributed by atoms with Gasteiger partial charge in [0.25, 0.3) is 0 Å². The molecule has 9 nitrogen and oxygen atoms in total. The predicted molar refractivity (Wildman–Crippen MR) is 101 cm³/mol. The Kier molecular flexibility index (Phi) is 5.52. The number of sulfone groups is 1. The number of sulfonamides is 1. The maximum Gasteiger partial charge on any atom is 0.247 e. The maximum absolute atomic E-state index is 13.3. The monoisotopic (exact) mass is 430 g/mol. The highest BCUT2D eigenvalue weighted by atomic mass is 32.2. The van der Waals surface area contributed by atoms with Crippen LogP contribution >= 0.6 is 0 Å². The average Bonchev–Trinajstić information content (AvgIpc) is 3.16. The lowest BCUT2D eigenvalue weighted by molar-refractivity contribution is -0.121. The van der Waals surface area contributed by atoms with Gasteiger partial charge in [0.15, 0.2) is 9.84 Å². The first-order valence-electron chi connectivity index (χ1n) is 8.87. The Labute approximate surface area is 164 Å². The van der Waals surface area contributed by atoms with E-state index in [0.717, 1.165) is 9.21 Å². The van der Waals surface area contributed by atoms with E-state index in [1.165, 1.54) is 25.3 Å². The van der Waals surface area contributed by atoms with Crippen LogP contribution in [0.2, 0.25) is 0 Å². The molecule has 2 amide bonds. The van der Waals surface area contributed by atoms with Gasteiger partial charge in [0.1, 0.15) is 10.6 Å². The molecule has 28 heavy (non-hydrogen) atoms. The first kappa shape index (κ1) is 20.7. The number of carbonyl (C=O) groups is 2. The molecule has 0 unspecified atom stereocenters. The van der Waals surface area contributed by atoms with Crippen molar-refractivity contribution in [2.24, 2.45) is 0 Å². The third-order valence-corrected chi connectivity index (χ3v) is 8.77. The number of benzene rings is 1. The molecule has 154 valence electrons. The van der Waals surface area contributed by atoms with Gasteiger partial charge < -0.3 is 4.74 Å². The Bertz CT molecular complexity index is 1000. The lowest BCUT2D eigenvalue weighted by Crippen LogP contribution is -2.41. The number of carbonyl (C=O) groups excluding carboxylic acids is 2. The molecule has 2 aliphatic rings. The molecule has 11 heteroatoms. The minimum Gasteiger partial charge on any atom is -0.495 e. The van der Waals surface area contributed by atoms with Crippen molar-refractivity contribution in [2.75, 3.05) is 30.1 Å². The summed E-state index contributed by atoms with van der Waals surface area (Å²) in [4.78, 5) is 24.8. The molecule has 0 saturated carbocycles. The van der Waals surface area contributed by atoms with E-state index in [2.05, 4.69) is 0 Å². The van der Waals surface area contributed by atoms with Crippen molar-refractivity contribution in [3.8, 4) is 5.75 Å². The molecule has 0 bridgehead atoms. The smallest absolute Gasteiger partial charge is 0.247 e. The molecule has 2 aliphatic heterocycles. The lowest BCUT2D eigenvalue weighted by Gasteiger charge is -2.27. The predicted octanol–water partition coefficient (Wildman–Crippen LogP) is 0.546. The molecule has 0 aromatic heterocycles. The molecule has 2 heterocycles. The third-order valence-electron chi connectivity index (χ3n) is 4.97. The summed E-state index contributed by atoms with van der Waals surface area (Å²) >= 11 is 0. The van der Waals surface area contributed by atoms with Gasteiger partial charge in [-0.1, -0.05) is 6.92 Å². The van der Waals surface area contributed by atoms with E-state index in [9.17, 15) is 26.4 Å². The van der Waals surface area contributed by atoms with E-state index in [4.69, 9.17) is 4.74 Å². The summed E-state index contributed by atoms with van der Waals surface area (Å²) in [5, 5.41) is 0. The zero-order valence-electron chi connectivity index (χ0n) is 15.6. The number of anilines is 1. The SMILES string of the molecule is CCN([C@@H]1CCS(=O)(=O)C1)S(=O)(=O)c1cc(N2C(=O)CCC2=O)ccc1OC. The summed E-state index contributed by atoms with van der Waals surface area (Å²) in [5.74, 6) is -1.02. The normalized spacial score (nSPS) is 22.2. The van der Waals surface area contributed by atoms with Gasteiger partial charge >= 0.3 is 0 Å². The first-order valence-corrected chi connectivity index (χ1v) is 12.1. The van der Waals surface area contributed by atoms with Crippen LogP contribution in [-0.2, 0) is 29.4 Å². The molecule has 0 aliphatic carbocycles. The average molecular weight is 431 g/mol. The van der Waals surface area contributed by atoms with Gasteiger partial charge in [0.2, 0.25) is 21.8 Å². The fraction of sp³-hybridized carbons (Fsp3) is 0.529. The van der Waals surface area contributed by atoms with Gasteiger partial charge in [0.05, 0.1) is 24.3 Å². The van der Waals surface area contributed by atoms with Gasteiger partial charge in [-0.3, -0.25) is 14.5 Å². The second kappa shape index (κ2) is 7.45.